The highest BCUT2D eigenvalue weighted by atomic mass is 16.5. The fraction of sp³-hybridized carbons (Fsp3) is 0.467. The van der Waals surface area contributed by atoms with Gasteiger partial charge < -0.3 is 14.6 Å². The van der Waals surface area contributed by atoms with Crippen LogP contribution in [0.1, 0.15) is 18.3 Å². The van der Waals surface area contributed by atoms with Crippen molar-refractivity contribution in [1.29, 1.82) is 0 Å². The van der Waals surface area contributed by atoms with E-state index in [9.17, 15) is 5.11 Å². The Kier molecular flexibility index (Phi) is 4.47. The van der Waals surface area contributed by atoms with E-state index in [1.54, 1.807) is 25.8 Å². The predicted molar refractivity (Wildman–Crippen MR) is 78.6 cm³/mol. The first-order chi connectivity index (χ1) is 9.95. The third kappa shape index (κ3) is 3.72. The van der Waals surface area contributed by atoms with E-state index in [0.717, 1.165) is 11.4 Å². The molecule has 0 fully saturated rings. The molecule has 114 valence electrons. The lowest BCUT2D eigenvalue weighted by atomic mass is 9.92. The van der Waals surface area contributed by atoms with Gasteiger partial charge >= 0.3 is 0 Å². The summed E-state index contributed by atoms with van der Waals surface area (Å²) in [6.45, 7) is 1.79. The third-order valence-corrected chi connectivity index (χ3v) is 3.38. The SMILES string of the molecule is COc1ccc(CC(C)(O)Cc2ncnn2C)cc1OC. The first kappa shape index (κ1) is 15.3. The van der Waals surface area contributed by atoms with Crippen molar-refractivity contribution in [3.05, 3.63) is 35.9 Å². The molecule has 1 N–H and O–H groups in total. The molecular weight excluding hydrogens is 270 g/mol. The number of hydrogen-bond acceptors (Lipinski definition) is 5. The summed E-state index contributed by atoms with van der Waals surface area (Å²) in [6, 6.07) is 5.64. The Hall–Kier alpha value is -2.08. The van der Waals surface area contributed by atoms with E-state index in [0.29, 0.717) is 24.3 Å². The quantitative estimate of drug-likeness (QED) is 0.870. The smallest absolute Gasteiger partial charge is 0.160 e. The van der Waals surface area contributed by atoms with E-state index in [1.165, 1.54) is 6.33 Å². The lowest BCUT2D eigenvalue weighted by molar-refractivity contribution is 0.0578. The number of aliphatic hydroxyl groups is 1. The first-order valence-electron chi connectivity index (χ1n) is 6.71. The molecule has 2 aromatic rings. The zero-order chi connectivity index (χ0) is 15.5. The van der Waals surface area contributed by atoms with Crippen LogP contribution in [0, 0.1) is 0 Å². The second kappa shape index (κ2) is 6.13. The van der Waals surface area contributed by atoms with Gasteiger partial charge in [0, 0.05) is 19.9 Å². The van der Waals surface area contributed by atoms with Crippen molar-refractivity contribution in [1.82, 2.24) is 14.8 Å². The number of aromatic nitrogens is 3. The molecule has 1 aromatic heterocycles. The summed E-state index contributed by atoms with van der Waals surface area (Å²) in [5.41, 5.74) is 0.0558. The van der Waals surface area contributed by atoms with Crippen molar-refractivity contribution in [3.63, 3.8) is 0 Å². The van der Waals surface area contributed by atoms with E-state index in [2.05, 4.69) is 10.1 Å². The normalized spacial score (nSPS) is 13.8. The number of benzene rings is 1. The maximum absolute atomic E-state index is 10.6. The maximum Gasteiger partial charge on any atom is 0.160 e. The van der Waals surface area contributed by atoms with Gasteiger partial charge in [-0.25, -0.2) is 4.98 Å². The summed E-state index contributed by atoms with van der Waals surface area (Å²) < 4.78 is 12.2. The van der Waals surface area contributed by atoms with Crippen molar-refractivity contribution in [2.75, 3.05) is 14.2 Å². The van der Waals surface area contributed by atoms with E-state index in [-0.39, 0.29) is 0 Å². The Labute approximate surface area is 124 Å². The second-order valence-corrected chi connectivity index (χ2v) is 5.34. The molecule has 0 aliphatic carbocycles. The number of methoxy groups -OCH3 is 2. The molecule has 0 saturated heterocycles. The van der Waals surface area contributed by atoms with Gasteiger partial charge in [0.25, 0.3) is 0 Å². The third-order valence-electron chi connectivity index (χ3n) is 3.38. The fourth-order valence-electron chi connectivity index (χ4n) is 2.31. The molecule has 0 aliphatic rings. The van der Waals surface area contributed by atoms with Gasteiger partial charge in [-0.05, 0) is 24.6 Å². The van der Waals surface area contributed by atoms with Crippen molar-refractivity contribution >= 4 is 0 Å². The standard InChI is InChI=1S/C15H21N3O3/c1-15(19,9-14-16-10-17-18(14)2)8-11-5-6-12(20-3)13(7-11)21-4/h5-7,10,19H,8-9H2,1-4H3. The van der Waals surface area contributed by atoms with Crippen molar-refractivity contribution in [2.45, 2.75) is 25.4 Å². The lowest BCUT2D eigenvalue weighted by Crippen LogP contribution is -2.31. The average Bonchev–Trinajstić information content (AvgIpc) is 2.83. The Morgan fingerprint density at radius 3 is 2.48 bits per heavy atom. The molecule has 0 saturated carbocycles. The molecule has 0 amide bonds. The molecule has 0 radical (unpaired) electrons. The molecule has 6 nitrogen and oxygen atoms in total. The van der Waals surface area contributed by atoms with E-state index < -0.39 is 5.60 Å². The highest BCUT2D eigenvalue weighted by Crippen LogP contribution is 2.29. The van der Waals surface area contributed by atoms with E-state index in [4.69, 9.17) is 9.47 Å². The predicted octanol–water partition coefficient (Wildman–Crippen LogP) is 1.37. The van der Waals surface area contributed by atoms with Crippen LogP contribution >= 0.6 is 0 Å². The summed E-state index contributed by atoms with van der Waals surface area (Å²) in [4.78, 5) is 4.15. The highest BCUT2D eigenvalue weighted by molar-refractivity contribution is 5.43. The largest absolute Gasteiger partial charge is 0.493 e. The minimum Gasteiger partial charge on any atom is -0.493 e. The number of hydrogen-bond donors (Lipinski definition) is 1. The zero-order valence-corrected chi connectivity index (χ0v) is 12.8. The number of nitrogens with zero attached hydrogens (tertiary/aromatic N) is 3. The van der Waals surface area contributed by atoms with Crippen molar-refractivity contribution < 1.29 is 14.6 Å². The Morgan fingerprint density at radius 2 is 1.90 bits per heavy atom. The minimum atomic E-state index is -0.916. The van der Waals surface area contributed by atoms with Crippen LogP contribution in [-0.2, 0) is 19.9 Å². The summed E-state index contributed by atoms with van der Waals surface area (Å²) >= 11 is 0. The molecular formula is C15H21N3O3. The van der Waals surface area contributed by atoms with Crippen LogP contribution in [0.3, 0.4) is 0 Å². The van der Waals surface area contributed by atoms with Crippen LogP contribution in [-0.4, -0.2) is 39.7 Å². The van der Waals surface area contributed by atoms with Gasteiger partial charge in [-0.15, -0.1) is 0 Å². The Balaban J connectivity index is 2.14. The Bertz CT molecular complexity index is 608. The van der Waals surface area contributed by atoms with Crippen LogP contribution in [0.15, 0.2) is 24.5 Å². The lowest BCUT2D eigenvalue weighted by Gasteiger charge is -2.23. The molecule has 1 aromatic carbocycles. The van der Waals surface area contributed by atoms with Gasteiger partial charge in [0.15, 0.2) is 11.5 Å². The summed E-state index contributed by atoms with van der Waals surface area (Å²) in [6.07, 6.45) is 2.40. The summed E-state index contributed by atoms with van der Waals surface area (Å²) in [7, 11) is 5.01. The van der Waals surface area contributed by atoms with Crippen LogP contribution in [0.4, 0.5) is 0 Å². The Morgan fingerprint density at radius 1 is 1.19 bits per heavy atom. The van der Waals surface area contributed by atoms with Crippen LogP contribution < -0.4 is 9.47 Å². The molecule has 0 aliphatic heterocycles. The van der Waals surface area contributed by atoms with Gasteiger partial charge in [0.2, 0.25) is 0 Å². The van der Waals surface area contributed by atoms with Gasteiger partial charge in [-0.2, -0.15) is 5.10 Å². The molecule has 1 heterocycles. The monoisotopic (exact) mass is 291 g/mol. The van der Waals surface area contributed by atoms with Crippen molar-refractivity contribution in [3.8, 4) is 11.5 Å². The van der Waals surface area contributed by atoms with Crippen LogP contribution in [0.5, 0.6) is 11.5 Å². The molecule has 21 heavy (non-hydrogen) atoms. The summed E-state index contributed by atoms with van der Waals surface area (Å²) in [5.74, 6) is 2.08. The zero-order valence-electron chi connectivity index (χ0n) is 12.8. The topological polar surface area (TPSA) is 69.4 Å². The maximum atomic E-state index is 10.6. The van der Waals surface area contributed by atoms with Crippen LogP contribution in [0.2, 0.25) is 0 Å². The van der Waals surface area contributed by atoms with Gasteiger partial charge in [-0.1, -0.05) is 6.07 Å². The van der Waals surface area contributed by atoms with E-state index in [1.807, 2.05) is 25.2 Å². The van der Waals surface area contributed by atoms with Gasteiger partial charge in [0.1, 0.15) is 12.2 Å². The number of ether oxygens (including phenoxy) is 2. The van der Waals surface area contributed by atoms with Gasteiger partial charge in [0.05, 0.1) is 19.8 Å². The average molecular weight is 291 g/mol. The number of aryl methyl sites for hydroxylation is 1. The van der Waals surface area contributed by atoms with E-state index >= 15 is 0 Å². The molecule has 0 spiro atoms. The minimum absolute atomic E-state index is 0.428. The molecule has 1 atom stereocenters. The van der Waals surface area contributed by atoms with Gasteiger partial charge in [-0.3, -0.25) is 4.68 Å². The highest BCUT2D eigenvalue weighted by Gasteiger charge is 2.24. The molecule has 0 bridgehead atoms. The molecule has 1 unspecified atom stereocenters. The van der Waals surface area contributed by atoms with Crippen LogP contribution in [0.25, 0.3) is 0 Å². The fourth-order valence-corrected chi connectivity index (χ4v) is 2.31. The number of rotatable bonds is 6. The van der Waals surface area contributed by atoms with Crippen molar-refractivity contribution in [2.24, 2.45) is 7.05 Å². The second-order valence-electron chi connectivity index (χ2n) is 5.34. The molecule has 6 heteroatoms. The molecule has 2 rings (SSSR count). The first-order valence-corrected chi connectivity index (χ1v) is 6.71. The summed E-state index contributed by atoms with van der Waals surface area (Å²) in [5, 5.41) is 14.6.